The summed E-state index contributed by atoms with van der Waals surface area (Å²) in [6, 6.07) is 1.45. The zero-order valence-corrected chi connectivity index (χ0v) is 12.6. The second-order valence-corrected chi connectivity index (χ2v) is 7.21. The number of anilines is 1. The first-order valence-corrected chi connectivity index (χ1v) is 8.10. The van der Waals surface area contributed by atoms with E-state index in [4.69, 9.17) is 11.6 Å². The first kappa shape index (κ1) is 14.6. The van der Waals surface area contributed by atoms with Gasteiger partial charge in [0.15, 0.2) is 0 Å². The molecule has 0 saturated carbocycles. The highest BCUT2D eigenvalue weighted by molar-refractivity contribution is 7.89. The van der Waals surface area contributed by atoms with Gasteiger partial charge < -0.3 is 5.32 Å². The van der Waals surface area contributed by atoms with Gasteiger partial charge in [0.1, 0.15) is 10.7 Å². The third kappa shape index (κ3) is 3.01. The predicted molar refractivity (Wildman–Crippen MR) is 76.0 cm³/mol. The van der Waals surface area contributed by atoms with Crippen LogP contribution in [0.5, 0.6) is 0 Å². The molecule has 0 amide bonds. The van der Waals surface area contributed by atoms with Gasteiger partial charge in [-0.3, -0.25) is 0 Å². The number of hydrogen-bond acceptors (Lipinski definition) is 4. The van der Waals surface area contributed by atoms with Gasteiger partial charge in [-0.2, -0.15) is 4.31 Å². The van der Waals surface area contributed by atoms with Crippen LogP contribution in [0.1, 0.15) is 19.8 Å². The van der Waals surface area contributed by atoms with E-state index >= 15 is 0 Å². The van der Waals surface area contributed by atoms with Gasteiger partial charge in [0.05, 0.1) is 5.02 Å². The SMILES string of the molecule is CNc1ncc(S(=O)(=O)N2CCCC(C)C2)cc1Cl. The van der Waals surface area contributed by atoms with Crippen LogP contribution in [-0.2, 0) is 10.0 Å². The monoisotopic (exact) mass is 303 g/mol. The molecule has 0 radical (unpaired) electrons. The minimum absolute atomic E-state index is 0.158. The largest absolute Gasteiger partial charge is 0.372 e. The summed E-state index contributed by atoms with van der Waals surface area (Å²) >= 11 is 6.00. The molecule has 1 aromatic rings. The fourth-order valence-corrected chi connectivity index (χ4v) is 4.16. The van der Waals surface area contributed by atoms with E-state index in [-0.39, 0.29) is 4.90 Å². The Balaban J connectivity index is 2.31. The third-order valence-corrected chi connectivity index (χ3v) is 5.43. The quantitative estimate of drug-likeness (QED) is 0.930. The van der Waals surface area contributed by atoms with Crippen LogP contribution in [0.3, 0.4) is 0 Å². The van der Waals surface area contributed by atoms with E-state index in [2.05, 4.69) is 17.2 Å². The van der Waals surface area contributed by atoms with Crippen molar-refractivity contribution in [2.45, 2.75) is 24.7 Å². The molecule has 0 bridgehead atoms. The minimum atomic E-state index is -3.48. The second-order valence-electron chi connectivity index (χ2n) is 4.86. The predicted octanol–water partition coefficient (Wildman–Crippen LogP) is 2.20. The van der Waals surface area contributed by atoms with Gasteiger partial charge in [-0.1, -0.05) is 18.5 Å². The van der Waals surface area contributed by atoms with Crippen LogP contribution in [0.15, 0.2) is 17.2 Å². The number of pyridine rings is 1. The highest BCUT2D eigenvalue weighted by Crippen LogP contribution is 2.27. The molecule has 2 heterocycles. The molecule has 1 N–H and O–H groups in total. The van der Waals surface area contributed by atoms with E-state index in [1.807, 2.05) is 0 Å². The molecule has 0 spiro atoms. The van der Waals surface area contributed by atoms with E-state index in [1.165, 1.54) is 16.6 Å². The lowest BCUT2D eigenvalue weighted by Crippen LogP contribution is -2.39. The summed E-state index contributed by atoms with van der Waals surface area (Å²) in [5, 5.41) is 3.12. The van der Waals surface area contributed by atoms with Gasteiger partial charge in [-0.15, -0.1) is 0 Å². The van der Waals surface area contributed by atoms with E-state index in [0.29, 0.717) is 29.8 Å². The van der Waals surface area contributed by atoms with E-state index in [1.54, 1.807) is 7.05 Å². The van der Waals surface area contributed by atoms with Crippen molar-refractivity contribution in [2.24, 2.45) is 5.92 Å². The fraction of sp³-hybridized carbons (Fsp3) is 0.583. The van der Waals surface area contributed by atoms with E-state index in [9.17, 15) is 8.42 Å². The maximum absolute atomic E-state index is 12.5. The Bertz CT molecular complexity index is 562. The summed E-state index contributed by atoms with van der Waals surface area (Å²) in [6.45, 7) is 3.20. The van der Waals surface area contributed by atoms with Gasteiger partial charge >= 0.3 is 0 Å². The zero-order valence-electron chi connectivity index (χ0n) is 11.1. The number of nitrogens with one attached hydrogen (secondary N) is 1. The van der Waals surface area contributed by atoms with Crippen LogP contribution in [-0.4, -0.2) is 37.8 Å². The summed E-state index contributed by atoms with van der Waals surface area (Å²) in [7, 11) is -1.79. The van der Waals surface area contributed by atoms with Crippen LogP contribution >= 0.6 is 11.6 Å². The Morgan fingerprint density at radius 3 is 2.84 bits per heavy atom. The van der Waals surface area contributed by atoms with Crippen molar-refractivity contribution in [3.63, 3.8) is 0 Å². The number of sulfonamides is 1. The Labute approximate surface area is 119 Å². The molecule has 5 nitrogen and oxygen atoms in total. The Kier molecular flexibility index (Phi) is 4.32. The lowest BCUT2D eigenvalue weighted by molar-refractivity contribution is 0.281. The third-order valence-electron chi connectivity index (χ3n) is 3.31. The number of aromatic nitrogens is 1. The summed E-state index contributed by atoms with van der Waals surface area (Å²) < 4.78 is 26.5. The topological polar surface area (TPSA) is 62.3 Å². The molecule has 1 aliphatic heterocycles. The van der Waals surface area contributed by atoms with Crippen LogP contribution in [0.25, 0.3) is 0 Å². The first-order chi connectivity index (χ1) is 8.95. The molecule has 19 heavy (non-hydrogen) atoms. The molecule has 1 saturated heterocycles. The molecule has 1 fully saturated rings. The van der Waals surface area contributed by atoms with Crippen molar-refractivity contribution in [3.05, 3.63) is 17.3 Å². The van der Waals surface area contributed by atoms with Crippen LogP contribution in [0.4, 0.5) is 5.82 Å². The lowest BCUT2D eigenvalue weighted by Gasteiger charge is -2.29. The molecule has 1 atom stereocenters. The van der Waals surface area contributed by atoms with Crippen molar-refractivity contribution < 1.29 is 8.42 Å². The molecule has 106 valence electrons. The van der Waals surface area contributed by atoms with Crippen LogP contribution in [0.2, 0.25) is 5.02 Å². The second kappa shape index (κ2) is 5.64. The molecular formula is C12H18ClN3O2S. The van der Waals surface area contributed by atoms with Crippen molar-refractivity contribution in [3.8, 4) is 0 Å². The molecule has 7 heteroatoms. The van der Waals surface area contributed by atoms with Gasteiger partial charge in [0, 0.05) is 26.3 Å². The molecule has 2 rings (SSSR count). The van der Waals surface area contributed by atoms with E-state index in [0.717, 1.165) is 12.8 Å². The van der Waals surface area contributed by atoms with Crippen LogP contribution in [0, 0.1) is 5.92 Å². The lowest BCUT2D eigenvalue weighted by atomic mass is 10.0. The smallest absolute Gasteiger partial charge is 0.244 e. The number of hydrogen-bond donors (Lipinski definition) is 1. The standard InChI is InChI=1S/C12H18ClN3O2S/c1-9-4-3-5-16(8-9)19(17,18)10-6-11(13)12(14-2)15-7-10/h6-7,9H,3-5,8H2,1-2H3,(H,14,15). The Morgan fingerprint density at radius 2 is 2.26 bits per heavy atom. The summed E-state index contributed by atoms with van der Waals surface area (Å²) in [6.07, 6.45) is 3.33. The molecule has 0 aliphatic carbocycles. The average Bonchev–Trinajstić information content (AvgIpc) is 2.38. The molecular weight excluding hydrogens is 286 g/mol. The average molecular weight is 304 g/mol. The zero-order chi connectivity index (χ0) is 14.0. The number of rotatable bonds is 3. The number of piperidine rings is 1. The van der Waals surface area contributed by atoms with Gasteiger partial charge in [0.25, 0.3) is 0 Å². The Hall–Kier alpha value is -0.850. The maximum Gasteiger partial charge on any atom is 0.244 e. The molecule has 1 aliphatic rings. The fourth-order valence-electron chi connectivity index (χ4n) is 2.26. The molecule has 1 unspecified atom stereocenters. The maximum atomic E-state index is 12.5. The highest BCUT2D eigenvalue weighted by atomic mass is 35.5. The minimum Gasteiger partial charge on any atom is -0.372 e. The molecule has 1 aromatic heterocycles. The van der Waals surface area contributed by atoms with Crippen molar-refractivity contribution >= 4 is 27.4 Å². The molecule has 0 aromatic carbocycles. The summed E-state index contributed by atoms with van der Waals surface area (Å²) in [4.78, 5) is 4.19. The van der Waals surface area contributed by atoms with Gasteiger partial charge in [-0.25, -0.2) is 13.4 Å². The Morgan fingerprint density at radius 1 is 1.53 bits per heavy atom. The van der Waals surface area contributed by atoms with E-state index < -0.39 is 10.0 Å². The van der Waals surface area contributed by atoms with Crippen molar-refractivity contribution in [1.82, 2.24) is 9.29 Å². The first-order valence-electron chi connectivity index (χ1n) is 6.28. The summed E-state index contributed by atoms with van der Waals surface area (Å²) in [5.41, 5.74) is 0. The number of nitrogens with zero attached hydrogens (tertiary/aromatic N) is 2. The normalized spacial score (nSPS) is 21.3. The summed E-state index contributed by atoms with van der Waals surface area (Å²) in [5.74, 6) is 0.871. The van der Waals surface area contributed by atoms with Crippen molar-refractivity contribution in [2.75, 3.05) is 25.5 Å². The van der Waals surface area contributed by atoms with Crippen LogP contribution < -0.4 is 5.32 Å². The number of halogens is 1. The van der Waals surface area contributed by atoms with Gasteiger partial charge in [0.2, 0.25) is 10.0 Å². The highest BCUT2D eigenvalue weighted by Gasteiger charge is 2.29. The van der Waals surface area contributed by atoms with Crippen molar-refractivity contribution in [1.29, 1.82) is 0 Å². The van der Waals surface area contributed by atoms with Gasteiger partial charge in [-0.05, 0) is 24.8 Å².